The van der Waals surface area contributed by atoms with Crippen LogP contribution in [0.3, 0.4) is 0 Å². The summed E-state index contributed by atoms with van der Waals surface area (Å²) >= 11 is 1.52. The van der Waals surface area contributed by atoms with Crippen molar-refractivity contribution in [3.63, 3.8) is 0 Å². The van der Waals surface area contributed by atoms with E-state index < -0.39 is 0 Å². The number of aryl methyl sites for hydroxylation is 1. The molecule has 118 valence electrons. The third-order valence-electron chi connectivity index (χ3n) is 3.11. The highest BCUT2D eigenvalue weighted by molar-refractivity contribution is 7.16. The summed E-state index contributed by atoms with van der Waals surface area (Å²) in [5.41, 5.74) is 1.84. The van der Waals surface area contributed by atoms with Gasteiger partial charge < -0.3 is 14.8 Å². The minimum Gasteiger partial charge on any atom is -0.493 e. The molecule has 0 radical (unpaired) electrons. The Morgan fingerprint density at radius 1 is 1.27 bits per heavy atom. The predicted octanol–water partition coefficient (Wildman–Crippen LogP) is 3.74. The van der Waals surface area contributed by atoms with E-state index in [1.54, 1.807) is 14.2 Å². The zero-order chi connectivity index (χ0) is 16.1. The van der Waals surface area contributed by atoms with Gasteiger partial charge in [0.05, 0.1) is 19.9 Å². The van der Waals surface area contributed by atoms with Gasteiger partial charge in [0.25, 0.3) is 0 Å². The number of carbonyl (C=O) groups excluding carboxylic acids is 1. The predicted molar refractivity (Wildman–Crippen MR) is 89.0 cm³/mol. The van der Waals surface area contributed by atoms with E-state index in [1.807, 2.05) is 18.2 Å². The summed E-state index contributed by atoms with van der Waals surface area (Å²) in [6.07, 6.45) is 1.93. The number of nitrogens with one attached hydrogen (secondary N) is 1. The molecule has 1 amide bonds. The lowest BCUT2D eigenvalue weighted by Crippen LogP contribution is -2.04. The zero-order valence-corrected chi connectivity index (χ0v) is 14.0. The van der Waals surface area contributed by atoms with E-state index in [4.69, 9.17) is 9.47 Å². The van der Waals surface area contributed by atoms with Crippen LogP contribution in [0.2, 0.25) is 0 Å². The molecule has 22 heavy (non-hydrogen) atoms. The van der Waals surface area contributed by atoms with Gasteiger partial charge in [-0.05, 0) is 24.6 Å². The van der Waals surface area contributed by atoms with Crippen LogP contribution < -0.4 is 14.8 Å². The molecule has 2 aromatic rings. The first-order valence-corrected chi connectivity index (χ1v) is 7.90. The molecule has 0 aliphatic rings. The SMILES string of the molecule is CCCc1sc(NC(C)=O)nc1-c1ccc(OC)c(OC)c1. The van der Waals surface area contributed by atoms with E-state index >= 15 is 0 Å². The van der Waals surface area contributed by atoms with E-state index in [0.717, 1.165) is 29.0 Å². The molecule has 0 unspecified atom stereocenters. The Labute approximate surface area is 134 Å². The first kappa shape index (κ1) is 16.3. The highest BCUT2D eigenvalue weighted by atomic mass is 32.1. The molecular formula is C16H20N2O3S. The number of hydrogen-bond donors (Lipinski definition) is 1. The maximum Gasteiger partial charge on any atom is 0.223 e. The quantitative estimate of drug-likeness (QED) is 0.881. The molecule has 6 heteroatoms. The lowest BCUT2D eigenvalue weighted by atomic mass is 10.1. The topological polar surface area (TPSA) is 60.5 Å². The molecule has 0 saturated heterocycles. The Balaban J connectivity index is 2.45. The number of ether oxygens (including phenoxy) is 2. The number of hydrogen-bond acceptors (Lipinski definition) is 5. The van der Waals surface area contributed by atoms with Gasteiger partial charge in [-0.1, -0.05) is 13.3 Å². The van der Waals surface area contributed by atoms with Crippen molar-refractivity contribution in [1.82, 2.24) is 4.98 Å². The molecule has 1 aromatic carbocycles. The minimum atomic E-state index is -0.115. The molecule has 1 aromatic heterocycles. The van der Waals surface area contributed by atoms with Crippen molar-refractivity contribution in [3.05, 3.63) is 23.1 Å². The summed E-state index contributed by atoms with van der Waals surface area (Å²) in [5, 5.41) is 3.38. The maximum atomic E-state index is 11.2. The fourth-order valence-corrected chi connectivity index (χ4v) is 3.29. The number of rotatable bonds is 6. The summed E-state index contributed by atoms with van der Waals surface area (Å²) in [7, 11) is 3.22. The lowest BCUT2D eigenvalue weighted by molar-refractivity contribution is -0.114. The molecule has 0 aliphatic carbocycles. The summed E-state index contributed by atoms with van der Waals surface area (Å²) < 4.78 is 10.6. The highest BCUT2D eigenvalue weighted by Gasteiger charge is 2.15. The number of carbonyl (C=O) groups is 1. The molecule has 2 rings (SSSR count). The molecule has 0 saturated carbocycles. The van der Waals surface area contributed by atoms with Crippen LogP contribution in [0.4, 0.5) is 5.13 Å². The van der Waals surface area contributed by atoms with Gasteiger partial charge in [-0.2, -0.15) is 0 Å². The largest absolute Gasteiger partial charge is 0.493 e. The molecule has 0 fully saturated rings. The summed E-state index contributed by atoms with van der Waals surface area (Å²) in [6, 6.07) is 5.72. The van der Waals surface area contributed by atoms with E-state index in [0.29, 0.717) is 16.6 Å². The highest BCUT2D eigenvalue weighted by Crippen LogP contribution is 2.36. The summed E-state index contributed by atoms with van der Waals surface area (Å²) in [5.74, 6) is 1.23. The van der Waals surface area contributed by atoms with Crippen LogP contribution in [0, 0.1) is 0 Å². The number of methoxy groups -OCH3 is 2. The molecule has 0 spiro atoms. The molecular weight excluding hydrogens is 300 g/mol. The van der Waals surface area contributed by atoms with Crippen LogP contribution in [-0.2, 0) is 11.2 Å². The smallest absolute Gasteiger partial charge is 0.223 e. The first-order chi connectivity index (χ1) is 10.6. The molecule has 0 atom stereocenters. The molecule has 0 bridgehead atoms. The normalized spacial score (nSPS) is 10.4. The van der Waals surface area contributed by atoms with E-state index in [-0.39, 0.29) is 5.91 Å². The van der Waals surface area contributed by atoms with Gasteiger partial charge in [0.2, 0.25) is 5.91 Å². The molecule has 0 aliphatic heterocycles. The monoisotopic (exact) mass is 320 g/mol. The summed E-state index contributed by atoms with van der Waals surface area (Å²) in [6.45, 7) is 3.60. The number of nitrogens with zero attached hydrogens (tertiary/aromatic N) is 1. The average molecular weight is 320 g/mol. The van der Waals surface area contributed by atoms with Crippen molar-refractivity contribution in [2.24, 2.45) is 0 Å². The van der Waals surface area contributed by atoms with Crippen molar-refractivity contribution in [2.45, 2.75) is 26.7 Å². The van der Waals surface area contributed by atoms with Crippen LogP contribution >= 0.6 is 11.3 Å². The third-order valence-corrected chi connectivity index (χ3v) is 4.14. The number of aromatic nitrogens is 1. The Morgan fingerprint density at radius 3 is 2.59 bits per heavy atom. The van der Waals surface area contributed by atoms with Gasteiger partial charge in [-0.15, -0.1) is 11.3 Å². The van der Waals surface area contributed by atoms with Crippen LogP contribution in [0.25, 0.3) is 11.3 Å². The summed E-state index contributed by atoms with van der Waals surface area (Å²) in [4.78, 5) is 16.9. The van der Waals surface area contributed by atoms with Gasteiger partial charge >= 0.3 is 0 Å². The lowest BCUT2D eigenvalue weighted by Gasteiger charge is -2.09. The first-order valence-electron chi connectivity index (χ1n) is 7.08. The van der Waals surface area contributed by atoms with Crippen molar-refractivity contribution in [2.75, 3.05) is 19.5 Å². The van der Waals surface area contributed by atoms with Crippen molar-refractivity contribution in [1.29, 1.82) is 0 Å². The number of anilines is 1. The van der Waals surface area contributed by atoms with Crippen LogP contribution in [0.5, 0.6) is 11.5 Å². The second-order valence-corrected chi connectivity index (χ2v) is 5.88. The van der Waals surface area contributed by atoms with Gasteiger partial charge in [-0.3, -0.25) is 4.79 Å². The third kappa shape index (κ3) is 3.57. The second-order valence-electron chi connectivity index (χ2n) is 4.79. The second kappa shape index (κ2) is 7.26. The van der Waals surface area contributed by atoms with Gasteiger partial charge in [0.15, 0.2) is 16.6 Å². The fraction of sp³-hybridized carbons (Fsp3) is 0.375. The Morgan fingerprint density at radius 2 is 2.00 bits per heavy atom. The minimum absolute atomic E-state index is 0.115. The number of benzene rings is 1. The van der Waals surface area contributed by atoms with Gasteiger partial charge in [-0.25, -0.2) is 4.98 Å². The molecule has 1 N–H and O–H groups in total. The maximum absolute atomic E-state index is 11.2. The zero-order valence-electron chi connectivity index (χ0n) is 13.2. The van der Waals surface area contributed by atoms with E-state index in [9.17, 15) is 4.79 Å². The average Bonchev–Trinajstić information content (AvgIpc) is 2.88. The number of amides is 1. The Bertz CT molecular complexity index is 667. The number of thiazole rings is 1. The van der Waals surface area contributed by atoms with E-state index in [1.165, 1.54) is 18.3 Å². The van der Waals surface area contributed by atoms with Crippen LogP contribution in [0.1, 0.15) is 25.1 Å². The van der Waals surface area contributed by atoms with Crippen molar-refractivity contribution >= 4 is 22.4 Å². The van der Waals surface area contributed by atoms with Crippen molar-refractivity contribution in [3.8, 4) is 22.8 Å². The van der Waals surface area contributed by atoms with Crippen molar-refractivity contribution < 1.29 is 14.3 Å². The van der Waals surface area contributed by atoms with Crippen LogP contribution in [0.15, 0.2) is 18.2 Å². The van der Waals surface area contributed by atoms with Crippen LogP contribution in [-0.4, -0.2) is 25.1 Å². The molecule has 1 heterocycles. The Kier molecular flexibility index (Phi) is 5.38. The fourth-order valence-electron chi connectivity index (χ4n) is 2.16. The van der Waals surface area contributed by atoms with Gasteiger partial charge in [0, 0.05) is 17.4 Å². The standard InChI is InChI=1S/C16H20N2O3S/c1-5-6-14-15(18-16(22-14)17-10(2)19)11-7-8-12(20-3)13(9-11)21-4/h7-9H,5-6H2,1-4H3,(H,17,18,19). The molecule has 5 nitrogen and oxygen atoms in total. The van der Waals surface area contributed by atoms with E-state index in [2.05, 4.69) is 17.2 Å². The Hall–Kier alpha value is -2.08. The van der Waals surface area contributed by atoms with Gasteiger partial charge in [0.1, 0.15) is 0 Å².